The number of carbonyl (C=O) groups excluding carboxylic acids is 1. The predicted octanol–water partition coefficient (Wildman–Crippen LogP) is 1.68. The van der Waals surface area contributed by atoms with Gasteiger partial charge in [0.15, 0.2) is 0 Å². The Labute approximate surface area is 178 Å². The highest BCUT2D eigenvalue weighted by molar-refractivity contribution is 7.81. The summed E-state index contributed by atoms with van der Waals surface area (Å²) in [6.07, 6.45) is 2.23. The first kappa shape index (κ1) is 20.8. The van der Waals surface area contributed by atoms with Crippen molar-refractivity contribution < 1.29 is 23.8 Å². The van der Waals surface area contributed by atoms with Crippen molar-refractivity contribution in [2.75, 3.05) is 20.2 Å². The number of piperidine rings is 2. The number of aliphatic carboxylic acids is 1. The molecule has 5 atom stereocenters. The van der Waals surface area contributed by atoms with E-state index in [0.29, 0.717) is 18.8 Å². The van der Waals surface area contributed by atoms with Gasteiger partial charge in [-0.15, -0.1) is 5.10 Å². The molecule has 10 heteroatoms. The zero-order valence-corrected chi connectivity index (χ0v) is 17.3. The highest BCUT2D eigenvalue weighted by atomic mass is 32.1. The molecule has 0 radical (unpaired) electrons. The van der Waals surface area contributed by atoms with Gasteiger partial charge in [0.2, 0.25) is 0 Å². The first-order valence-electron chi connectivity index (χ1n) is 9.77. The van der Waals surface area contributed by atoms with Gasteiger partial charge in [0, 0.05) is 29.8 Å². The molecule has 0 saturated carbocycles. The Bertz CT molecular complexity index is 968. The first-order valence-corrected chi connectivity index (χ1v) is 10.3. The van der Waals surface area contributed by atoms with Crippen LogP contribution in [0.1, 0.15) is 30.0 Å². The minimum atomic E-state index is -0.973. The van der Waals surface area contributed by atoms with Crippen molar-refractivity contribution in [3.63, 3.8) is 0 Å². The van der Waals surface area contributed by atoms with Crippen molar-refractivity contribution in [3.05, 3.63) is 47.5 Å². The highest BCUT2D eigenvalue weighted by Gasteiger charge is 2.67. The zero-order valence-electron chi connectivity index (χ0n) is 16.4. The number of hydrogen-bond donors (Lipinski definition) is 2. The van der Waals surface area contributed by atoms with Crippen molar-refractivity contribution >= 4 is 24.6 Å². The average Bonchev–Trinajstić information content (AvgIpc) is 3.18. The number of halogens is 1. The van der Waals surface area contributed by atoms with Crippen molar-refractivity contribution in [1.82, 2.24) is 19.9 Å². The molecular formula is C20H23FN4O4S. The van der Waals surface area contributed by atoms with Gasteiger partial charge in [-0.1, -0.05) is 23.4 Å². The number of ether oxygens (including phenoxy) is 1. The number of rotatable bonds is 7. The molecule has 0 aliphatic carbocycles. The number of benzene rings is 1. The van der Waals surface area contributed by atoms with E-state index >= 15 is 0 Å². The summed E-state index contributed by atoms with van der Waals surface area (Å²) in [5, 5.41) is 17.2. The van der Waals surface area contributed by atoms with Gasteiger partial charge in [0.05, 0.1) is 37.5 Å². The minimum Gasteiger partial charge on any atom is -0.481 e. The second-order valence-electron chi connectivity index (χ2n) is 7.70. The second-order valence-corrected chi connectivity index (χ2v) is 8.36. The summed E-state index contributed by atoms with van der Waals surface area (Å²) in [4.78, 5) is 26.4. The molecule has 2 aliphatic heterocycles. The standard InChI is InChI=1S/C20H23FN4O4S/c1-29-19(28)18(12-4-2-3-5-14(12)21)20(13-11-24(20)8-6-15(13)30)16-10-22-23-25(16)9-7-17(26)27/h2-5,10,13,15,18,30H,6-9,11H2,1H3,(H,26,27). The number of carbonyl (C=O) groups is 2. The van der Waals surface area contributed by atoms with Crippen LogP contribution in [-0.4, -0.2) is 62.4 Å². The lowest BCUT2D eigenvalue weighted by Crippen LogP contribution is -2.74. The van der Waals surface area contributed by atoms with Crippen LogP contribution >= 0.6 is 12.6 Å². The van der Waals surface area contributed by atoms with Crippen LogP contribution in [0.5, 0.6) is 0 Å². The van der Waals surface area contributed by atoms with Crippen LogP contribution in [0.25, 0.3) is 0 Å². The molecule has 2 saturated heterocycles. The lowest BCUT2D eigenvalue weighted by atomic mass is 9.58. The maximum absolute atomic E-state index is 14.9. The third-order valence-corrected chi connectivity index (χ3v) is 6.94. The van der Waals surface area contributed by atoms with Gasteiger partial charge in [-0.05, 0) is 12.5 Å². The molecule has 160 valence electrons. The van der Waals surface area contributed by atoms with Gasteiger partial charge in [-0.3, -0.25) is 14.5 Å². The van der Waals surface area contributed by atoms with Crippen LogP contribution in [-0.2, 0) is 26.4 Å². The molecule has 30 heavy (non-hydrogen) atoms. The summed E-state index contributed by atoms with van der Waals surface area (Å²) in [5.41, 5.74) is -0.160. The smallest absolute Gasteiger partial charge is 0.315 e. The van der Waals surface area contributed by atoms with Gasteiger partial charge in [-0.2, -0.15) is 12.6 Å². The Hall–Kier alpha value is -2.46. The molecule has 8 nitrogen and oxygen atoms in total. The van der Waals surface area contributed by atoms with Gasteiger partial charge in [0.1, 0.15) is 11.7 Å². The Morgan fingerprint density at radius 1 is 1.43 bits per heavy atom. The van der Waals surface area contributed by atoms with E-state index < -0.39 is 29.2 Å². The van der Waals surface area contributed by atoms with E-state index in [1.165, 1.54) is 17.9 Å². The van der Waals surface area contributed by atoms with E-state index in [4.69, 9.17) is 22.5 Å². The van der Waals surface area contributed by atoms with E-state index in [1.54, 1.807) is 24.4 Å². The maximum atomic E-state index is 14.9. The van der Waals surface area contributed by atoms with Crippen molar-refractivity contribution in [2.24, 2.45) is 5.92 Å². The molecule has 2 aliphatic rings. The maximum Gasteiger partial charge on any atom is 0.315 e. The largest absolute Gasteiger partial charge is 0.481 e. The predicted molar refractivity (Wildman–Crippen MR) is 108 cm³/mol. The summed E-state index contributed by atoms with van der Waals surface area (Å²) in [6.45, 7) is 1.45. The van der Waals surface area contributed by atoms with Gasteiger partial charge < -0.3 is 9.84 Å². The van der Waals surface area contributed by atoms with Crippen LogP contribution in [0, 0.1) is 11.7 Å². The average molecular weight is 434 g/mol. The number of aryl methyl sites for hydroxylation is 1. The number of methoxy groups -OCH3 is 1. The summed E-state index contributed by atoms with van der Waals surface area (Å²) in [6, 6.07) is 6.17. The van der Waals surface area contributed by atoms with E-state index in [-0.39, 0.29) is 29.7 Å². The third kappa shape index (κ3) is 3.09. The van der Waals surface area contributed by atoms with Crippen molar-refractivity contribution in [2.45, 2.75) is 36.1 Å². The summed E-state index contributed by atoms with van der Waals surface area (Å²) < 4.78 is 21.6. The molecule has 2 fully saturated rings. The molecule has 1 aromatic carbocycles. The first-order chi connectivity index (χ1) is 14.4. The number of fused-ring (bicyclic) bond motifs is 2. The molecule has 2 aromatic rings. The summed E-state index contributed by atoms with van der Waals surface area (Å²) in [7, 11) is 1.28. The fourth-order valence-corrected chi connectivity index (χ4v) is 5.47. The number of aromatic nitrogens is 3. The molecular weight excluding hydrogens is 411 g/mol. The Balaban J connectivity index is 1.91. The van der Waals surface area contributed by atoms with Crippen molar-refractivity contribution in [3.8, 4) is 0 Å². The molecule has 0 amide bonds. The van der Waals surface area contributed by atoms with E-state index in [2.05, 4.69) is 15.2 Å². The van der Waals surface area contributed by atoms with Gasteiger partial charge in [-0.25, -0.2) is 9.07 Å². The van der Waals surface area contributed by atoms with Crippen LogP contribution < -0.4 is 0 Å². The van der Waals surface area contributed by atoms with Crippen LogP contribution in [0.2, 0.25) is 0 Å². The molecule has 1 N–H and O–H groups in total. The molecule has 2 bridgehead atoms. The third-order valence-electron chi connectivity index (χ3n) is 6.32. The molecule has 1 aromatic heterocycles. The SMILES string of the molecule is COC(=O)C(c1ccccc1F)C1(c2cnnn2CCC(=O)O)C2CN1CCC2S. The topological polar surface area (TPSA) is 97.5 Å². The monoisotopic (exact) mass is 434 g/mol. The Morgan fingerprint density at radius 2 is 2.20 bits per heavy atom. The fourth-order valence-electron chi connectivity index (χ4n) is 5.03. The lowest BCUT2D eigenvalue weighted by Gasteiger charge is -2.65. The molecule has 3 heterocycles. The second kappa shape index (κ2) is 7.99. The number of carboxylic acids is 1. The van der Waals surface area contributed by atoms with Crippen LogP contribution in [0.15, 0.2) is 30.5 Å². The molecule has 5 unspecified atom stereocenters. The Morgan fingerprint density at radius 3 is 2.83 bits per heavy atom. The van der Waals surface area contributed by atoms with Crippen molar-refractivity contribution in [1.29, 1.82) is 0 Å². The Kier molecular flexibility index (Phi) is 5.54. The quantitative estimate of drug-likeness (QED) is 0.505. The van der Waals surface area contributed by atoms with Crippen LogP contribution in [0.3, 0.4) is 0 Å². The van der Waals surface area contributed by atoms with Gasteiger partial charge in [0.25, 0.3) is 0 Å². The van der Waals surface area contributed by atoms with E-state index in [0.717, 1.165) is 6.42 Å². The van der Waals surface area contributed by atoms with Gasteiger partial charge >= 0.3 is 11.9 Å². The van der Waals surface area contributed by atoms with E-state index in [1.807, 2.05) is 0 Å². The fraction of sp³-hybridized carbons (Fsp3) is 0.500. The highest BCUT2D eigenvalue weighted by Crippen LogP contribution is 2.59. The molecule has 0 spiro atoms. The normalized spacial score (nSPS) is 28.4. The molecule has 4 rings (SSSR count). The van der Waals surface area contributed by atoms with Crippen LogP contribution in [0.4, 0.5) is 4.39 Å². The number of hydrogen-bond acceptors (Lipinski definition) is 7. The number of thiol groups is 1. The minimum absolute atomic E-state index is 0.0169. The zero-order chi connectivity index (χ0) is 21.5. The number of carboxylic acid groups (broad SMARTS) is 1. The number of nitrogens with zero attached hydrogens (tertiary/aromatic N) is 4. The summed E-state index contributed by atoms with van der Waals surface area (Å²) >= 11 is 4.77. The number of esters is 1. The lowest BCUT2D eigenvalue weighted by molar-refractivity contribution is -0.172. The summed E-state index contributed by atoms with van der Waals surface area (Å²) in [5.74, 6) is -3.09. The van der Waals surface area contributed by atoms with E-state index in [9.17, 15) is 14.0 Å².